The average Bonchev–Trinajstić information content (AvgIpc) is 2.97. The van der Waals surface area contributed by atoms with Crippen LogP contribution in [0, 0.1) is 5.82 Å². The maximum absolute atomic E-state index is 13.7. The molecular formula is C15H10FN3O3. The van der Waals surface area contributed by atoms with Crippen molar-refractivity contribution in [3.63, 3.8) is 0 Å². The third-order valence-corrected chi connectivity index (χ3v) is 2.98. The minimum atomic E-state index is -1.24. The number of aromatic carboxylic acids is 1. The first kappa shape index (κ1) is 13.7. The Kier molecular flexibility index (Phi) is 3.53. The number of aromatic nitrogens is 3. The van der Waals surface area contributed by atoms with E-state index < -0.39 is 5.97 Å². The molecule has 0 amide bonds. The Labute approximate surface area is 124 Å². The Morgan fingerprint density at radius 2 is 1.86 bits per heavy atom. The summed E-state index contributed by atoms with van der Waals surface area (Å²) in [7, 11) is 0. The maximum atomic E-state index is 13.7. The van der Waals surface area contributed by atoms with E-state index in [9.17, 15) is 9.18 Å². The second-order valence-electron chi connectivity index (χ2n) is 4.40. The summed E-state index contributed by atoms with van der Waals surface area (Å²) in [6.45, 7) is 0. The van der Waals surface area contributed by atoms with Gasteiger partial charge in [0.25, 0.3) is 5.88 Å². The molecule has 0 spiro atoms. The molecule has 22 heavy (non-hydrogen) atoms. The van der Waals surface area contributed by atoms with Crippen LogP contribution in [-0.2, 0) is 0 Å². The number of rotatable bonds is 4. The molecule has 0 fully saturated rings. The largest absolute Gasteiger partial charge is 0.476 e. The predicted molar refractivity (Wildman–Crippen MR) is 75.3 cm³/mol. The van der Waals surface area contributed by atoms with Gasteiger partial charge in [0, 0.05) is 5.56 Å². The van der Waals surface area contributed by atoms with Gasteiger partial charge in [0.15, 0.2) is 0 Å². The van der Waals surface area contributed by atoms with Crippen molar-refractivity contribution in [2.45, 2.75) is 0 Å². The summed E-state index contributed by atoms with van der Waals surface area (Å²) in [5.74, 6) is -1.24. The van der Waals surface area contributed by atoms with Crippen LogP contribution in [0.15, 0.2) is 48.5 Å². The van der Waals surface area contributed by atoms with Gasteiger partial charge in [0.05, 0.1) is 0 Å². The highest BCUT2D eigenvalue weighted by Gasteiger charge is 2.16. The number of hydrogen-bond donors (Lipinski definition) is 2. The Balaban J connectivity index is 1.84. The topological polar surface area (TPSA) is 88.1 Å². The highest BCUT2D eigenvalue weighted by molar-refractivity contribution is 5.87. The number of nitrogens with zero attached hydrogens (tertiary/aromatic N) is 2. The quantitative estimate of drug-likeness (QED) is 0.772. The van der Waals surface area contributed by atoms with Gasteiger partial charge < -0.3 is 9.84 Å². The number of benzene rings is 2. The van der Waals surface area contributed by atoms with E-state index in [-0.39, 0.29) is 17.4 Å². The molecule has 1 heterocycles. The highest BCUT2D eigenvalue weighted by Crippen LogP contribution is 2.27. The first-order valence-electron chi connectivity index (χ1n) is 6.32. The molecule has 6 nitrogen and oxygen atoms in total. The molecule has 110 valence electrons. The zero-order valence-electron chi connectivity index (χ0n) is 11.2. The van der Waals surface area contributed by atoms with E-state index in [1.165, 1.54) is 6.07 Å². The molecule has 3 rings (SSSR count). The van der Waals surface area contributed by atoms with E-state index in [1.807, 2.05) is 0 Å². The Hall–Kier alpha value is -3.22. The molecule has 2 aromatic carbocycles. The van der Waals surface area contributed by atoms with E-state index in [4.69, 9.17) is 9.84 Å². The van der Waals surface area contributed by atoms with Crippen molar-refractivity contribution in [1.82, 2.24) is 15.4 Å². The first-order chi connectivity index (χ1) is 10.6. The molecule has 0 aliphatic rings. The molecule has 0 radical (unpaired) electrons. The predicted octanol–water partition coefficient (Wildman–Crippen LogP) is 3.10. The fourth-order valence-corrected chi connectivity index (χ4v) is 1.95. The van der Waals surface area contributed by atoms with Crippen molar-refractivity contribution in [1.29, 1.82) is 0 Å². The molecule has 7 heteroatoms. The molecule has 0 saturated carbocycles. The summed E-state index contributed by atoms with van der Waals surface area (Å²) >= 11 is 0. The van der Waals surface area contributed by atoms with E-state index in [1.54, 1.807) is 42.5 Å². The second-order valence-corrected chi connectivity index (χ2v) is 4.40. The van der Waals surface area contributed by atoms with Crippen LogP contribution in [0.2, 0.25) is 0 Å². The summed E-state index contributed by atoms with van der Waals surface area (Å²) in [6, 6.07) is 13.0. The van der Waals surface area contributed by atoms with Crippen molar-refractivity contribution >= 4 is 5.97 Å². The van der Waals surface area contributed by atoms with Crippen LogP contribution >= 0.6 is 0 Å². The monoisotopic (exact) mass is 299 g/mol. The minimum Gasteiger partial charge on any atom is -0.476 e. The second kappa shape index (κ2) is 5.65. The van der Waals surface area contributed by atoms with Gasteiger partial charge in [-0.05, 0) is 23.8 Å². The molecule has 0 aliphatic heterocycles. The summed E-state index contributed by atoms with van der Waals surface area (Å²) in [5, 5.41) is 18.1. The molecule has 1 aromatic heterocycles. The summed E-state index contributed by atoms with van der Waals surface area (Å²) in [4.78, 5) is 10.9. The van der Waals surface area contributed by atoms with Crippen LogP contribution in [0.3, 0.4) is 0 Å². The van der Waals surface area contributed by atoms with E-state index in [2.05, 4.69) is 15.4 Å². The Morgan fingerprint density at radius 1 is 1.14 bits per heavy atom. The van der Waals surface area contributed by atoms with Gasteiger partial charge in [0.2, 0.25) is 5.69 Å². The van der Waals surface area contributed by atoms with Crippen molar-refractivity contribution in [3.05, 3.63) is 60.0 Å². The van der Waals surface area contributed by atoms with E-state index in [0.717, 1.165) is 0 Å². The number of nitrogens with one attached hydrogen (secondary N) is 1. The first-order valence-corrected chi connectivity index (χ1v) is 6.32. The molecule has 3 aromatic rings. The van der Waals surface area contributed by atoms with Gasteiger partial charge in [0.1, 0.15) is 11.6 Å². The maximum Gasteiger partial charge on any atom is 0.362 e. The fourth-order valence-electron chi connectivity index (χ4n) is 1.95. The van der Waals surface area contributed by atoms with Crippen LogP contribution < -0.4 is 4.74 Å². The lowest BCUT2D eigenvalue weighted by Gasteiger charge is -2.06. The Morgan fingerprint density at radius 3 is 2.55 bits per heavy atom. The zero-order chi connectivity index (χ0) is 15.5. The van der Waals surface area contributed by atoms with Gasteiger partial charge in [-0.2, -0.15) is 0 Å². The number of carboxylic acid groups (broad SMARTS) is 1. The molecule has 2 N–H and O–H groups in total. The lowest BCUT2D eigenvalue weighted by atomic mass is 10.1. The average molecular weight is 299 g/mol. The van der Waals surface area contributed by atoms with Crippen molar-refractivity contribution in [2.75, 3.05) is 0 Å². The number of halogens is 1. The van der Waals surface area contributed by atoms with Crippen molar-refractivity contribution in [2.24, 2.45) is 0 Å². The standard InChI is InChI=1S/C15H10FN3O3/c16-12-4-2-1-3-11(12)9-5-7-10(8-6-9)22-14-13(15(20)21)17-19-18-14/h1-8H,(H,20,21)(H,17,18,19). The van der Waals surface area contributed by atoms with Crippen LogP contribution in [0.1, 0.15) is 10.5 Å². The van der Waals surface area contributed by atoms with Crippen molar-refractivity contribution in [3.8, 4) is 22.8 Å². The van der Waals surface area contributed by atoms with Gasteiger partial charge in [-0.25, -0.2) is 14.3 Å². The smallest absolute Gasteiger partial charge is 0.362 e. The summed E-state index contributed by atoms with van der Waals surface area (Å²) in [6.07, 6.45) is 0. The minimum absolute atomic E-state index is 0.0638. The number of carboxylic acids is 1. The molecular weight excluding hydrogens is 289 g/mol. The van der Waals surface area contributed by atoms with Crippen molar-refractivity contribution < 1.29 is 19.0 Å². The summed E-state index contributed by atoms with van der Waals surface area (Å²) < 4.78 is 19.1. The van der Waals surface area contributed by atoms with Crippen LogP contribution in [0.25, 0.3) is 11.1 Å². The van der Waals surface area contributed by atoms with E-state index >= 15 is 0 Å². The van der Waals surface area contributed by atoms with Crippen LogP contribution in [-0.4, -0.2) is 26.5 Å². The van der Waals surface area contributed by atoms with Gasteiger partial charge in [-0.1, -0.05) is 35.5 Å². The Bertz CT molecular complexity index is 815. The highest BCUT2D eigenvalue weighted by atomic mass is 19.1. The SMILES string of the molecule is O=C(O)c1nn[nH]c1Oc1ccc(-c2ccccc2F)cc1. The van der Waals surface area contributed by atoms with Crippen LogP contribution in [0.4, 0.5) is 4.39 Å². The van der Waals surface area contributed by atoms with Gasteiger partial charge >= 0.3 is 5.97 Å². The summed E-state index contributed by atoms with van der Waals surface area (Å²) in [5.41, 5.74) is 0.855. The number of hydrogen-bond acceptors (Lipinski definition) is 4. The molecule has 0 aliphatic carbocycles. The number of ether oxygens (including phenoxy) is 1. The number of carbonyl (C=O) groups is 1. The molecule has 0 saturated heterocycles. The lowest BCUT2D eigenvalue weighted by Crippen LogP contribution is -1.99. The third kappa shape index (κ3) is 2.64. The van der Waals surface area contributed by atoms with Crippen LogP contribution in [0.5, 0.6) is 11.6 Å². The van der Waals surface area contributed by atoms with Gasteiger partial charge in [-0.15, -0.1) is 5.10 Å². The fraction of sp³-hybridized carbons (Fsp3) is 0. The molecule has 0 atom stereocenters. The molecule has 0 bridgehead atoms. The number of H-pyrrole nitrogens is 1. The zero-order valence-corrected chi connectivity index (χ0v) is 11.2. The normalized spacial score (nSPS) is 10.4. The van der Waals surface area contributed by atoms with E-state index in [0.29, 0.717) is 16.9 Å². The number of aromatic amines is 1. The third-order valence-electron chi connectivity index (χ3n) is 2.98. The lowest BCUT2D eigenvalue weighted by molar-refractivity contribution is 0.0687. The molecule has 0 unspecified atom stereocenters. The van der Waals surface area contributed by atoms with Gasteiger partial charge in [-0.3, -0.25) is 0 Å².